The molecule has 1 unspecified atom stereocenters. The highest BCUT2D eigenvalue weighted by molar-refractivity contribution is 5.50. The quantitative estimate of drug-likeness (QED) is 0.868. The molecule has 0 spiro atoms. The molecule has 0 aliphatic heterocycles. The van der Waals surface area contributed by atoms with Crippen LogP contribution in [0.3, 0.4) is 0 Å². The predicted molar refractivity (Wildman–Crippen MR) is 65.7 cm³/mol. The van der Waals surface area contributed by atoms with Crippen LogP contribution in [0.1, 0.15) is 26.2 Å². The molecule has 1 N–H and O–H groups in total. The molecule has 2 heterocycles. The first-order chi connectivity index (χ1) is 8.54. The third-order valence-electron chi connectivity index (χ3n) is 2.58. The van der Waals surface area contributed by atoms with Crippen molar-refractivity contribution in [3.8, 4) is 11.4 Å². The topological polar surface area (TPSA) is 77.0 Å². The first-order valence-corrected chi connectivity index (χ1v) is 6.04. The lowest BCUT2D eigenvalue weighted by Crippen LogP contribution is -2.13. The third-order valence-corrected chi connectivity index (χ3v) is 2.58. The lowest BCUT2D eigenvalue weighted by molar-refractivity contribution is 0.138. The Balaban J connectivity index is 2.02. The minimum absolute atomic E-state index is 0.394. The Kier molecular flexibility index (Phi) is 3.76. The van der Waals surface area contributed by atoms with Crippen LogP contribution in [-0.2, 0) is 13.5 Å². The summed E-state index contributed by atoms with van der Waals surface area (Å²) < 4.78 is 6.80. The van der Waals surface area contributed by atoms with Crippen molar-refractivity contribution in [2.24, 2.45) is 13.0 Å². The van der Waals surface area contributed by atoms with Gasteiger partial charge in [-0.05, 0) is 12.3 Å². The molecule has 2 aromatic rings. The second-order valence-electron chi connectivity index (χ2n) is 4.90. The Morgan fingerprint density at radius 3 is 2.83 bits per heavy atom. The molecule has 2 aromatic heterocycles. The van der Waals surface area contributed by atoms with Gasteiger partial charge in [-0.1, -0.05) is 19.0 Å². The molecule has 0 saturated carbocycles. The van der Waals surface area contributed by atoms with Crippen molar-refractivity contribution in [3.05, 3.63) is 18.3 Å². The van der Waals surface area contributed by atoms with Crippen LogP contribution in [0, 0.1) is 5.92 Å². The fraction of sp³-hybridized carbons (Fsp3) is 0.583. The molecule has 0 amide bonds. The Labute approximate surface area is 106 Å². The number of rotatable bonds is 5. The molecular weight excluding hydrogens is 232 g/mol. The fourth-order valence-corrected chi connectivity index (χ4v) is 1.82. The lowest BCUT2D eigenvalue weighted by Gasteiger charge is -2.09. The van der Waals surface area contributed by atoms with Gasteiger partial charge in [0.05, 0.1) is 24.3 Å². The van der Waals surface area contributed by atoms with E-state index in [-0.39, 0.29) is 0 Å². The first kappa shape index (κ1) is 12.8. The zero-order valence-electron chi connectivity index (χ0n) is 10.9. The number of aliphatic hydroxyl groups excluding tert-OH is 1. The van der Waals surface area contributed by atoms with Crippen LogP contribution < -0.4 is 0 Å². The number of aliphatic hydroxyl groups is 1. The van der Waals surface area contributed by atoms with Crippen LogP contribution in [0.4, 0.5) is 0 Å². The van der Waals surface area contributed by atoms with Crippen LogP contribution in [0.2, 0.25) is 0 Å². The summed E-state index contributed by atoms with van der Waals surface area (Å²) in [5.41, 5.74) is 0.811. The molecule has 0 aliphatic carbocycles. The van der Waals surface area contributed by atoms with Crippen LogP contribution in [0.5, 0.6) is 0 Å². The number of hydrogen-bond acceptors (Lipinski definition) is 5. The second kappa shape index (κ2) is 5.30. The molecule has 0 fully saturated rings. The van der Waals surface area contributed by atoms with Gasteiger partial charge in [0.25, 0.3) is 0 Å². The molecule has 0 saturated heterocycles. The van der Waals surface area contributed by atoms with Crippen molar-refractivity contribution in [1.82, 2.24) is 19.9 Å². The van der Waals surface area contributed by atoms with Crippen molar-refractivity contribution in [1.29, 1.82) is 0 Å². The molecule has 98 valence electrons. The predicted octanol–water partition coefficient (Wildman–Crippen LogP) is 1.42. The van der Waals surface area contributed by atoms with Crippen LogP contribution in [0.25, 0.3) is 11.4 Å². The average Bonchev–Trinajstić information content (AvgIpc) is 2.85. The highest BCUT2D eigenvalue weighted by atomic mass is 16.5. The maximum Gasteiger partial charge on any atom is 0.229 e. The molecule has 0 aromatic carbocycles. The molecule has 6 nitrogen and oxygen atoms in total. The first-order valence-electron chi connectivity index (χ1n) is 6.04. The van der Waals surface area contributed by atoms with E-state index < -0.39 is 6.10 Å². The van der Waals surface area contributed by atoms with Gasteiger partial charge in [-0.2, -0.15) is 10.1 Å². The normalized spacial score (nSPS) is 13.2. The molecule has 18 heavy (non-hydrogen) atoms. The summed E-state index contributed by atoms with van der Waals surface area (Å²) in [5, 5.41) is 17.7. The van der Waals surface area contributed by atoms with E-state index in [1.54, 1.807) is 10.9 Å². The molecular formula is C12H18N4O2. The van der Waals surface area contributed by atoms with E-state index in [1.807, 2.05) is 13.2 Å². The van der Waals surface area contributed by atoms with Gasteiger partial charge in [-0.15, -0.1) is 0 Å². The Morgan fingerprint density at radius 1 is 1.44 bits per heavy atom. The van der Waals surface area contributed by atoms with Crippen molar-refractivity contribution in [2.75, 3.05) is 0 Å². The highest BCUT2D eigenvalue weighted by Gasteiger charge is 2.15. The minimum Gasteiger partial charge on any atom is -0.393 e. The smallest absolute Gasteiger partial charge is 0.229 e. The van der Waals surface area contributed by atoms with Gasteiger partial charge >= 0.3 is 0 Å². The van der Waals surface area contributed by atoms with E-state index in [0.29, 0.717) is 24.1 Å². The van der Waals surface area contributed by atoms with E-state index in [2.05, 4.69) is 29.1 Å². The summed E-state index contributed by atoms with van der Waals surface area (Å²) in [6, 6.07) is 0. The molecule has 0 radical (unpaired) electrons. The largest absolute Gasteiger partial charge is 0.393 e. The standard InChI is InChI=1S/C12H18N4O2/c1-8(2)4-10(17)5-11-14-12(15-18-11)9-6-13-16(3)7-9/h6-8,10,17H,4-5H2,1-3H3. The van der Waals surface area contributed by atoms with Crippen molar-refractivity contribution < 1.29 is 9.63 Å². The van der Waals surface area contributed by atoms with Gasteiger partial charge in [0.2, 0.25) is 11.7 Å². The SMILES string of the molecule is CC(C)CC(O)Cc1nc(-c2cnn(C)c2)no1. The number of aryl methyl sites for hydroxylation is 1. The monoisotopic (exact) mass is 250 g/mol. The molecule has 0 aliphatic rings. The maximum absolute atomic E-state index is 9.81. The van der Waals surface area contributed by atoms with Crippen LogP contribution in [-0.4, -0.2) is 31.1 Å². The summed E-state index contributed by atoms with van der Waals surface area (Å²) in [7, 11) is 1.83. The van der Waals surface area contributed by atoms with Crippen molar-refractivity contribution >= 4 is 0 Å². The van der Waals surface area contributed by atoms with Crippen LogP contribution in [0.15, 0.2) is 16.9 Å². The van der Waals surface area contributed by atoms with Gasteiger partial charge in [-0.25, -0.2) is 0 Å². The van der Waals surface area contributed by atoms with E-state index in [9.17, 15) is 5.11 Å². The Morgan fingerprint density at radius 2 is 2.22 bits per heavy atom. The Bertz CT molecular complexity index is 504. The van der Waals surface area contributed by atoms with Crippen molar-refractivity contribution in [2.45, 2.75) is 32.8 Å². The summed E-state index contributed by atoms with van der Waals surface area (Å²) in [6.45, 7) is 4.14. The lowest BCUT2D eigenvalue weighted by atomic mass is 10.0. The highest BCUT2D eigenvalue weighted by Crippen LogP contribution is 2.16. The number of nitrogens with zero attached hydrogens (tertiary/aromatic N) is 4. The fourth-order valence-electron chi connectivity index (χ4n) is 1.82. The van der Waals surface area contributed by atoms with E-state index >= 15 is 0 Å². The number of aromatic nitrogens is 4. The van der Waals surface area contributed by atoms with E-state index in [1.165, 1.54) is 0 Å². The summed E-state index contributed by atoms with van der Waals surface area (Å²) in [5.74, 6) is 1.41. The number of hydrogen-bond donors (Lipinski definition) is 1. The molecule has 1 atom stereocenters. The summed E-state index contributed by atoms with van der Waals surface area (Å²) in [4.78, 5) is 4.25. The van der Waals surface area contributed by atoms with Gasteiger partial charge < -0.3 is 9.63 Å². The molecule has 2 rings (SSSR count). The minimum atomic E-state index is -0.438. The van der Waals surface area contributed by atoms with E-state index in [4.69, 9.17) is 4.52 Å². The van der Waals surface area contributed by atoms with Crippen LogP contribution >= 0.6 is 0 Å². The van der Waals surface area contributed by atoms with Gasteiger partial charge in [-0.3, -0.25) is 4.68 Å². The van der Waals surface area contributed by atoms with Gasteiger partial charge in [0, 0.05) is 13.2 Å². The third kappa shape index (κ3) is 3.16. The van der Waals surface area contributed by atoms with Crippen molar-refractivity contribution in [3.63, 3.8) is 0 Å². The average molecular weight is 250 g/mol. The zero-order chi connectivity index (χ0) is 13.1. The van der Waals surface area contributed by atoms with Gasteiger partial charge in [0.15, 0.2) is 0 Å². The second-order valence-corrected chi connectivity index (χ2v) is 4.90. The molecule has 0 bridgehead atoms. The summed E-state index contributed by atoms with van der Waals surface area (Å²) in [6.07, 6.45) is 4.18. The van der Waals surface area contributed by atoms with Gasteiger partial charge in [0.1, 0.15) is 0 Å². The summed E-state index contributed by atoms with van der Waals surface area (Å²) >= 11 is 0. The maximum atomic E-state index is 9.81. The zero-order valence-corrected chi connectivity index (χ0v) is 10.9. The van der Waals surface area contributed by atoms with E-state index in [0.717, 1.165) is 12.0 Å². The molecule has 6 heteroatoms. The Hall–Kier alpha value is -1.69.